The Morgan fingerprint density at radius 2 is 2.00 bits per heavy atom. The fourth-order valence-corrected chi connectivity index (χ4v) is 5.50. The quantitative estimate of drug-likeness (QED) is 0.814. The molecule has 0 unspecified atom stereocenters. The predicted octanol–water partition coefficient (Wildman–Crippen LogP) is 3.90. The summed E-state index contributed by atoms with van der Waals surface area (Å²) in [6.45, 7) is 7.22. The molecule has 1 saturated heterocycles. The van der Waals surface area contributed by atoms with Crippen molar-refractivity contribution in [3.05, 3.63) is 65.7 Å². The molecule has 3 aliphatic rings. The molecule has 0 amide bonds. The topological polar surface area (TPSA) is 62.9 Å². The van der Waals surface area contributed by atoms with Gasteiger partial charge in [0, 0.05) is 48.9 Å². The average Bonchev–Trinajstić information content (AvgIpc) is 3.41. The monoisotopic (exact) mass is 402 g/mol. The van der Waals surface area contributed by atoms with Crippen LogP contribution in [0.5, 0.6) is 5.75 Å². The number of ether oxygens (including phenoxy) is 1. The molecule has 2 aromatic rings. The first-order chi connectivity index (χ1) is 14.6. The highest BCUT2D eigenvalue weighted by Gasteiger charge is 2.46. The van der Waals surface area contributed by atoms with Gasteiger partial charge in [0.15, 0.2) is 0 Å². The van der Waals surface area contributed by atoms with Crippen LogP contribution in [0.1, 0.15) is 42.0 Å². The Morgan fingerprint density at radius 1 is 1.20 bits per heavy atom. The molecule has 5 heteroatoms. The predicted molar refractivity (Wildman–Crippen MR) is 123 cm³/mol. The van der Waals surface area contributed by atoms with E-state index in [0.717, 1.165) is 67.9 Å². The van der Waals surface area contributed by atoms with Crippen molar-refractivity contribution in [1.82, 2.24) is 5.43 Å². The molecule has 0 bridgehead atoms. The highest BCUT2D eigenvalue weighted by molar-refractivity contribution is 6.25. The molecule has 1 aliphatic carbocycles. The second-order valence-electron chi connectivity index (χ2n) is 8.75. The van der Waals surface area contributed by atoms with Crippen molar-refractivity contribution in [2.45, 2.75) is 31.7 Å². The summed E-state index contributed by atoms with van der Waals surface area (Å²) in [5, 5.41) is 4.44. The maximum absolute atomic E-state index is 6.77. The Labute approximate surface area is 178 Å². The van der Waals surface area contributed by atoms with Crippen LogP contribution < -0.4 is 20.8 Å². The number of hydrazone groups is 1. The van der Waals surface area contributed by atoms with Gasteiger partial charge < -0.3 is 20.8 Å². The fraction of sp³-hybridized carbons (Fsp3) is 0.400. The van der Waals surface area contributed by atoms with Crippen LogP contribution in [0.25, 0.3) is 5.57 Å². The number of anilines is 1. The minimum Gasteiger partial charge on any atom is -0.496 e. The van der Waals surface area contributed by atoms with Crippen LogP contribution >= 0.6 is 0 Å². The third kappa shape index (κ3) is 3.00. The molecule has 0 radical (unpaired) electrons. The van der Waals surface area contributed by atoms with Crippen LogP contribution in [0.15, 0.2) is 54.1 Å². The molecule has 2 heterocycles. The molecule has 0 saturated carbocycles. The van der Waals surface area contributed by atoms with Gasteiger partial charge >= 0.3 is 0 Å². The molecule has 156 valence electrons. The van der Waals surface area contributed by atoms with E-state index in [4.69, 9.17) is 10.5 Å². The number of rotatable bonds is 4. The first-order valence-electron chi connectivity index (χ1n) is 10.9. The van der Waals surface area contributed by atoms with E-state index in [1.165, 1.54) is 16.8 Å². The molecule has 2 aliphatic heterocycles. The SMILES string of the molecule is C=C(C1=NNCC1)c1c(OC)cccc1N1CCC2(CC1)Cc1ccccc1[C@H]2N. The molecule has 5 nitrogen and oxygen atoms in total. The average molecular weight is 403 g/mol. The fourth-order valence-electron chi connectivity index (χ4n) is 5.50. The lowest BCUT2D eigenvalue weighted by Crippen LogP contribution is -2.44. The smallest absolute Gasteiger partial charge is 0.128 e. The lowest BCUT2D eigenvalue weighted by Gasteiger charge is -2.43. The largest absolute Gasteiger partial charge is 0.496 e. The van der Waals surface area contributed by atoms with Crippen molar-refractivity contribution in [1.29, 1.82) is 0 Å². The molecule has 1 fully saturated rings. The normalized spacial score (nSPS) is 21.9. The van der Waals surface area contributed by atoms with E-state index in [1.807, 2.05) is 6.07 Å². The van der Waals surface area contributed by atoms with Crippen molar-refractivity contribution >= 4 is 17.0 Å². The Morgan fingerprint density at radius 3 is 2.70 bits per heavy atom. The first-order valence-corrected chi connectivity index (χ1v) is 10.9. The van der Waals surface area contributed by atoms with Crippen LogP contribution in [-0.2, 0) is 6.42 Å². The number of methoxy groups -OCH3 is 1. The van der Waals surface area contributed by atoms with Crippen LogP contribution in [0.2, 0.25) is 0 Å². The van der Waals surface area contributed by atoms with Crippen LogP contribution in [0.3, 0.4) is 0 Å². The van der Waals surface area contributed by atoms with Crippen molar-refractivity contribution in [3.63, 3.8) is 0 Å². The van der Waals surface area contributed by atoms with Gasteiger partial charge in [0.25, 0.3) is 0 Å². The summed E-state index contributed by atoms with van der Waals surface area (Å²) in [5.41, 5.74) is 17.0. The van der Waals surface area contributed by atoms with Crippen LogP contribution in [-0.4, -0.2) is 32.5 Å². The highest BCUT2D eigenvalue weighted by atomic mass is 16.5. The summed E-state index contributed by atoms with van der Waals surface area (Å²) in [6.07, 6.45) is 4.17. The number of nitrogens with one attached hydrogen (secondary N) is 1. The second-order valence-corrected chi connectivity index (χ2v) is 8.75. The van der Waals surface area contributed by atoms with Crippen molar-refractivity contribution in [2.24, 2.45) is 16.3 Å². The Bertz CT molecular complexity index is 1000. The van der Waals surface area contributed by atoms with Gasteiger partial charge in [-0.05, 0) is 47.9 Å². The van der Waals surface area contributed by atoms with E-state index in [2.05, 4.69) is 58.4 Å². The zero-order chi connectivity index (χ0) is 20.7. The Hall–Kier alpha value is -2.79. The van der Waals surface area contributed by atoms with E-state index < -0.39 is 0 Å². The number of fused-ring (bicyclic) bond motifs is 1. The van der Waals surface area contributed by atoms with E-state index in [-0.39, 0.29) is 11.5 Å². The van der Waals surface area contributed by atoms with Crippen molar-refractivity contribution < 1.29 is 4.74 Å². The van der Waals surface area contributed by atoms with Gasteiger partial charge in [-0.15, -0.1) is 0 Å². The molecular formula is C25H30N4O. The van der Waals surface area contributed by atoms with E-state index in [1.54, 1.807) is 7.11 Å². The summed E-state index contributed by atoms with van der Waals surface area (Å²) in [5.74, 6) is 0.859. The summed E-state index contributed by atoms with van der Waals surface area (Å²) < 4.78 is 5.73. The molecule has 30 heavy (non-hydrogen) atoms. The summed E-state index contributed by atoms with van der Waals surface area (Å²) in [7, 11) is 1.73. The Kier molecular flexibility index (Phi) is 4.78. The molecule has 3 N–H and O–H groups in total. The van der Waals surface area contributed by atoms with Gasteiger partial charge in [0.05, 0.1) is 12.8 Å². The third-order valence-electron chi connectivity index (χ3n) is 7.25. The number of benzene rings is 2. The zero-order valence-corrected chi connectivity index (χ0v) is 17.7. The van der Waals surface area contributed by atoms with E-state index in [9.17, 15) is 0 Å². The van der Waals surface area contributed by atoms with Gasteiger partial charge in [-0.25, -0.2) is 0 Å². The summed E-state index contributed by atoms with van der Waals surface area (Å²) in [4.78, 5) is 2.48. The number of nitrogens with zero attached hydrogens (tertiary/aromatic N) is 2. The van der Waals surface area contributed by atoms with Crippen LogP contribution in [0, 0.1) is 5.41 Å². The molecular weight excluding hydrogens is 372 g/mol. The second kappa shape index (κ2) is 7.47. The van der Waals surface area contributed by atoms with Gasteiger partial charge in [-0.3, -0.25) is 0 Å². The van der Waals surface area contributed by atoms with E-state index in [0.29, 0.717) is 0 Å². The minimum atomic E-state index is 0.134. The van der Waals surface area contributed by atoms with E-state index >= 15 is 0 Å². The molecule has 5 rings (SSSR count). The van der Waals surface area contributed by atoms with Gasteiger partial charge in [0.1, 0.15) is 5.75 Å². The molecule has 2 aromatic carbocycles. The zero-order valence-electron chi connectivity index (χ0n) is 17.7. The maximum atomic E-state index is 6.77. The van der Waals surface area contributed by atoms with Gasteiger partial charge in [-0.2, -0.15) is 5.10 Å². The maximum Gasteiger partial charge on any atom is 0.128 e. The first kappa shape index (κ1) is 19.2. The Balaban J connectivity index is 1.41. The van der Waals surface area contributed by atoms with Gasteiger partial charge in [-0.1, -0.05) is 36.9 Å². The highest BCUT2D eigenvalue weighted by Crippen LogP contribution is 2.51. The van der Waals surface area contributed by atoms with Gasteiger partial charge in [0.2, 0.25) is 0 Å². The summed E-state index contributed by atoms with van der Waals surface area (Å²) >= 11 is 0. The van der Waals surface area contributed by atoms with Crippen molar-refractivity contribution in [2.75, 3.05) is 31.6 Å². The lowest BCUT2D eigenvalue weighted by atomic mass is 9.73. The van der Waals surface area contributed by atoms with Crippen LogP contribution in [0.4, 0.5) is 5.69 Å². The summed E-state index contributed by atoms with van der Waals surface area (Å²) in [6, 6.07) is 15.1. The number of hydrogen-bond acceptors (Lipinski definition) is 5. The number of hydrogen-bond donors (Lipinski definition) is 2. The molecule has 1 atom stereocenters. The van der Waals surface area contributed by atoms with Crippen molar-refractivity contribution in [3.8, 4) is 5.75 Å². The number of allylic oxidation sites excluding steroid dienone is 1. The molecule has 0 aromatic heterocycles. The number of piperidine rings is 1. The lowest BCUT2D eigenvalue weighted by molar-refractivity contribution is 0.187. The minimum absolute atomic E-state index is 0.134. The molecule has 1 spiro atoms. The standard InChI is InChI=1S/C25H30N4O/c1-17(20-10-13-27-28-20)23-21(8-5-9-22(23)30-2)29-14-11-25(12-15-29)16-18-6-3-4-7-19(18)24(25)26/h3-9,24,27H,1,10-16,26H2,2H3/t24-/m1/s1. The number of nitrogens with two attached hydrogens (primary N) is 1. The third-order valence-corrected chi connectivity index (χ3v) is 7.25.